The van der Waals surface area contributed by atoms with Crippen molar-refractivity contribution < 1.29 is 14.3 Å². The number of carbonyl (C=O) groups excluding carboxylic acids is 1. The zero-order valence-corrected chi connectivity index (χ0v) is 21.8. The second-order valence-electron chi connectivity index (χ2n) is 8.79. The molecule has 2 aromatic heterocycles. The Morgan fingerprint density at radius 3 is 2.32 bits per heavy atom. The molecule has 1 N–H and O–H groups in total. The van der Waals surface area contributed by atoms with Crippen molar-refractivity contribution in [2.75, 3.05) is 33.6 Å². The van der Waals surface area contributed by atoms with Crippen molar-refractivity contribution in [3.05, 3.63) is 78.6 Å². The van der Waals surface area contributed by atoms with E-state index in [1.807, 2.05) is 61.5 Å². The molecule has 0 aliphatic rings. The lowest BCUT2D eigenvalue weighted by Crippen LogP contribution is -2.23. The van der Waals surface area contributed by atoms with Gasteiger partial charge in [0.15, 0.2) is 11.5 Å². The highest BCUT2D eigenvalue weighted by atomic mass is 16.5. The standard InChI is InChI=1S/C28H27N7O3/c1-17-31-27(28(36)34(2)3)33-35(17)21-10-8-20(9-11-21)32-26-22-14-18(6-12-23(22)29-16-30-26)19-7-13-24(37-4)25(15-19)38-5/h6-16H,1-5H3,(H,29,30,32). The highest BCUT2D eigenvalue weighted by Gasteiger charge is 2.17. The van der Waals surface area contributed by atoms with Gasteiger partial charge >= 0.3 is 0 Å². The van der Waals surface area contributed by atoms with Crippen molar-refractivity contribution in [2.24, 2.45) is 0 Å². The Bertz CT molecular complexity index is 1630. The molecule has 0 saturated carbocycles. The molecule has 0 bridgehead atoms. The molecule has 10 nitrogen and oxygen atoms in total. The number of fused-ring (bicyclic) bond motifs is 1. The van der Waals surface area contributed by atoms with Crippen LogP contribution in [0.3, 0.4) is 0 Å². The number of aryl methyl sites for hydroxylation is 1. The van der Waals surface area contributed by atoms with Crippen LogP contribution in [0.1, 0.15) is 16.4 Å². The van der Waals surface area contributed by atoms with Crippen LogP contribution < -0.4 is 14.8 Å². The Hall–Kier alpha value is -4.99. The number of ether oxygens (including phenoxy) is 2. The predicted molar refractivity (Wildman–Crippen MR) is 145 cm³/mol. The quantitative estimate of drug-likeness (QED) is 0.338. The Balaban J connectivity index is 1.44. The van der Waals surface area contributed by atoms with E-state index in [9.17, 15) is 4.79 Å². The van der Waals surface area contributed by atoms with Gasteiger partial charge in [-0.15, -0.1) is 5.10 Å². The molecular weight excluding hydrogens is 482 g/mol. The SMILES string of the molecule is COc1ccc(-c2ccc3ncnc(Nc4ccc(-n5nc(C(=O)N(C)C)nc5C)cc4)c3c2)cc1OC. The van der Waals surface area contributed by atoms with Gasteiger partial charge in [0, 0.05) is 25.2 Å². The fraction of sp³-hybridized carbons (Fsp3) is 0.179. The normalized spacial score (nSPS) is 10.9. The van der Waals surface area contributed by atoms with Crippen LogP contribution in [0.15, 0.2) is 67.0 Å². The second-order valence-corrected chi connectivity index (χ2v) is 8.79. The zero-order valence-electron chi connectivity index (χ0n) is 21.8. The van der Waals surface area contributed by atoms with E-state index < -0.39 is 0 Å². The lowest BCUT2D eigenvalue weighted by molar-refractivity contribution is 0.0816. The summed E-state index contributed by atoms with van der Waals surface area (Å²) in [6.07, 6.45) is 1.54. The van der Waals surface area contributed by atoms with Crippen LogP contribution in [-0.2, 0) is 0 Å². The van der Waals surface area contributed by atoms with Gasteiger partial charge in [0.2, 0.25) is 5.82 Å². The van der Waals surface area contributed by atoms with Gasteiger partial charge in [0.1, 0.15) is 18.0 Å². The topological polar surface area (TPSA) is 107 Å². The van der Waals surface area contributed by atoms with Gasteiger partial charge in [-0.3, -0.25) is 4.79 Å². The van der Waals surface area contributed by atoms with Crippen LogP contribution in [0.2, 0.25) is 0 Å². The van der Waals surface area contributed by atoms with Crippen molar-refractivity contribution >= 4 is 28.3 Å². The molecule has 0 fully saturated rings. The second kappa shape index (κ2) is 10.2. The Kier molecular flexibility index (Phi) is 6.61. The van der Waals surface area contributed by atoms with Gasteiger partial charge in [-0.05, 0) is 66.6 Å². The molecule has 0 saturated heterocycles. The van der Waals surface area contributed by atoms with E-state index >= 15 is 0 Å². The number of anilines is 2. The largest absolute Gasteiger partial charge is 0.493 e. The summed E-state index contributed by atoms with van der Waals surface area (Å²) in [6.45, 7) is 1.81. The van der Waals surface area contributed by atoms with Crippen LogP contribution in [0, 0.1) is 6.92 Å². The summed E-state index contributed by atoms with van der Waals surface area (Å²) in [5.74, 6) is 2.56. The highest BCUT2D eigenvalue weighted by molar-refractivity contribution is 5.94. The lowest BCUT2D eigenvalue weighted by Gasteiger charge is -2.12. The molecule has 192 valence electrons. The zero-order chi connectivity index (χ0) is 26.8. The molecule has 2 heterocycles. The van der Waals surface area contributed by atoms with Crippen LogP contribution in [0.4, 0.5) is 11.5 Å². The van der Waals surface area contributed by atoms with E-state index in [0.29, 0.717) is 23.1 Å². The number of rotatable bonds is 7. The summed E-state index contributed by atoms with van der Waals surface area (Å²) >= 11 is 0. The summed E-state index contributed by atoms with van der Waals surface area (Å²) in [7, 11) is 6.58. The third-order valence-electron chi connectivity index (χ3n) is 6.09. The number of nitrogens with one attached hydrogen (secondary N) is 1. The number of hydrogen-bond donors (Lipinski definition) is 1. The smallest absolute Gasteiger partial charge is 0.293 e. The average Bonchev–Trinajstić information content (AvgIpc) is 3.33. The van der Waals surface area contributed by atoms with Gasteiger partial charge in [-0.25, -0.2) is 19.6 Å². The molecule has 38 heavy (non-hydrogen) atoms. The van der Waals surface area contributed by atoms with Crippen molar-refractivity contribution in [3.8, 4) is 28.3 Å². The first kappa shape index (κ1) is 24.7. The molecule has 0 unspecified atom stereocenters. The number of benzene rings is 3. The minimum atomic E-state index is -0.242. The number of aromatic nitrogens is 5. The molecule has 0 aliphatic carbocycles. The van der Waals surface area contributed by atoms with E-state index in [1.165, 1.54) is 11.2 Å². The molecule has 3 aromatic carbocycles. The fourth-order valence-corrected chi connectivity index (χ4v) is 4.10. The number of nitrogens with zero attached hydrogens (tertiary/aromatic N) is 6. The average molecular weight is 510 g/mol. The van der Waals surface area contributed by atoms with E-state index in [1.54, 1.807) is 33.0 Å². The van der Waals surface area contributed by atoms with E-state index in [0.717, 1.165) is 33.4 Å². The Morgan fingerprint density at radius 1 is 0.895 bits per heavy atom. The first-order chi connectivity index (χ1) is 18.4. The van der Waals surface area contributed by atoms with Gasteiger partial charge < -0.3 is 19.7 Å². The third kappa shape index (κ3) is 4.71. The molecule has 5 rings (SSSR count). The fourth-order valence-electron chi connectivity index (χ4n) is 4.10. The van der Waals surface area contributed by atoms with Gasteiger partial charge in [-0.1, -0.05) is 12.1 Å². The Morgan fingerprint density at radius 2 is 1.61 bits per heavy atom. The molecule has 10 heteroatoms. The van der Waals surface area contributed by atoms with E-state index in [-0.39, 0.29) is 11.7 Å². The lowest BCUT2D eigenvalue weighted by atomic mass is 10.0. The van der Waals surface area contributed by atoms with E-state index in [4.69, 9.17) is 9.47 Å². The monoisotopic (exact) mass is 509 g/mol. The molecule has 0 spiro atoms. The van der Waals surface area contributed by atoms with Gasteiger partial charge in [0.05, 0.1) is 25.4 Å². The molecule has 5 aromatic rings. The van der Waals surface area contributed by atoms with Crippen LogP contribution in [0.5, 0.6) is 11.5 Å². The van der Waals surface area contributed by atoms with Crippen LogP contribution >= 0.6 is 0 Å². The maximum Gasteiger partial charge on any atom is 0.293 e. The van der Waals surface area contributed by atoms with Crippen LogP contribution in [-0.4, -0.2) is 63.9 Å². The highest BCUT2D eigenvalue weighted by Crippen LogP contribution is 2.34. The van der Waals surface area contributed by atoms with Gasteiger partial charge in [-0.2, -0.15) is 0 Å². The minimum absolute atomic E-state index is 0.160. The first-order valence-corrected chi connectivity index (χ1v) is 11.9. The van der Waals surface area contributed by atoms with Crippen molar-refractivity contribution in [1.82, 2.24) is 29.6 Å². The summed E-state index contributed by atoms with van der Waals surface area (Å²) in [5.41, 5.74) is 4.43. The van der Waals surface area contributed by atoms with Crippen molar-refractivity contribution in [3.63, 3.8) is 0 Å². The maximum absolute atomic E-state index is 12.2. The van der Waals surface area contributed by atoms with Crippen molar-refractivity contribution in [1.29, 1.82) is 0 Å². The predicted octanol–water partition coefficient (Wildman–Crippen LogP) is 4.65. The number of hydrogen-bond acceptors (Lipinski definition) is 8. The number of methoxy groups -OCH3 is 2. The van der Waals surface area contributed by atoms with Crippen LogP contribution in [0.25, 0.3) is 27.7 Å². The summed E-state index contributed by atoms with van der Waals surface area (Å²) in [4.78, 5) is 26.9. The first-order valence-electron chi connectivity index (χ1n) is 11.9. The molecular formula is C28H27N7O3. The maximum atomic E-state index is 12.2. The van der Waals surface area contributed by atoms with Gasteiger partial charge in [0.25, 0.3) is 5.91 Å². The number of amides is 1. The number of carbonyl (C=O) groups is 1. The van der Waals surface area contributed by atoms with E-state index in [2.05, 4.69) is 31.4 Å². The summed E-state index contributed by atoms with van der Waals surface area (Å²) in [5, 5.41) is 8.65. The molecule has 0 radical (unpaired) electrons. The minimum Gasteiger partial charge on any atom is -0.493 e. The molecule has 0 aliphatic heterocycles. The molecule has 0 atom stereocenters. The molecule has 1 amide bonds. The summed E-state index contributed by atoms with van der Waals surface area (Å²) < 4.78 is 12.5. The van der Waals surface area contributed by atoms with Crippen molar-refractivity contribution in [2.45, 2.75) is 6.92 Å². The summed E-state index contributed by atoms with van der Waals surface area (Å²) in [6, 6.07) is 19.5. The third-order valence-corrected chi connectivity index (χ3v) is 6.09. The Labute approximate surface area is 219 Å².